The first-order valence-corrected chi connectivity index (χ1v) is 7.16. The molecule has 0 atom stereocenters. The van der Waals surface area contributed by atoms with Crippen molar-refractivity contribution in [2.75, 3.05) is 20.3 Å². The Kier molecular flexibility index (Phi) is 8.53. The van der Waals surface area contributed by atoms with Crippen molar-refractivity contribution in [3.63, 3.8) is 0 Å². The van der Waals surface area contributed by atoms with Crippen molar-refractivity contribution in [3.05, 3.63) is 29.3 Å². The Labute approximate surface area is 121 Å². The standard InChI is InChI=1S/C17H24O3/c1-3-4-7-12-20-14-16-13-17(19-2)10-9-15(16)8-5-6-11-18/h9-10,13,18H,3-4,6-7,11-12,14H2,1-2H3. The summed E-state index contributed by atoms with van der Waals surface area (Å²) in [7, 11) is 1.65. The highest BCUT2D eigenvalue weighted by atomic mass is 16.5. The van der Waals surface area contributed by atoms with E-state index in [1.165, 1.54) is 12.8 Å². The first-order valence-electron chi connectivity index (χ1n) is 7.16. The van der Waals surface area contributed by atoms with E-state index in [0.717, 1.165) is 29.9 Å². The molecule has 0 saturated carbocycles. The van der Waals surface area contributed by atoms with Crippen LogP contribution in [-0.4, -0.2) is 25.4 Å². The van der Waals surface area contributed by atoms with E-state index in [1.54, 1.807) is 7.11 Å². The molecule has 0 aliphatic heterocycles. The van der Waals surface area contributed by atoms with Crippen LogP contribution in [0, 0.1) is 11.8 Å². The van der Waals surface area contributed by atoms with Crippen LogP contribution in [0.15, 0.2) is 18.2 Å². The van der Waals surface area contributed by atoms with Crippen molar-refractivity contribution < 1.29 is 14.6 Å². The SMILES string of the molecule is CCCCCOCc1cc(OC)ccc1C#CCCO. The third-order valence-electron chi connectivity index (χ3n) is 2.92. The molecule has 0 spiro atoms. The van der Waals surface area contributed by atoms with Gasteiger partial charge in [-0.25, -0.2) is 0 Å². The molecule has 0 heterocycles. The highest BCUT2D eigenvalue weighted by Crippen LogP contribution is 2.18. The number of rotatable bonds is 8. The summed E-state index contributed by atoms with van der Waals surface area (Å²) in [5, 5.41) is 8.77. The van der Waals surface area contributed by atoms with E-state index in [2.05, 4.69) is 18.8 Å². The van der Waals surface area contributed by atoms with Crippen molar-refractivity contribution in [1.82, 2.24) is 0 Å². The number of benzene rings is 1. The second-order valence-corrected chi connectivity index (χ2v) is 4.56. The van der Waals surface area contributed by atoms with Gasteiger partial charge in [-0.05, 0) is 30.2 Å². The van der Waals surface area contributed by atoms with Gasteiger partial charge in [0.2, 0.25) is 0 Å². The molecule has 1 N–H and O–H groups in total. The molecule has 0 saturated heterocycles. The average Bonchev–Trinajstić information content (AvgIpc) is 2.48. The van der Waals surface area contributed by atoms with Crippen LogP contribution in [-0.2, 0) is 11.3 Å². The molecular formula is C17H24O3. The van der Waals surface area contributed by atoms with Gasteiger partial charge in [0.1, 0.15) is 5.75 Å². The number of methoxy groups -OCH3 is 1. The van der Waals surface area contributed by atoms with Crippen molar-refractivity contribution in [2.45, 2.75) is 39.2 Å². The fourth-order valence-corrected chi connectivity index (χ4v) is 1.79. The zero-order valence-electron chi connectivity index (χ0n) is 12.4. The van der Waals surface area contributed by atoms with E-state index in [0.29, 0.717) is 13.0 Å². The van der Waals surface area contributed by atoms with Gasteiger partial charge in [0.05, 0.1) is 20.3 Å². The maximum Gasteiger partial charge on any atom is 0.119 e. The lowest BCUT2D eigenvalue weighted by atomic mass is 10.1. The summed E-state index contributed by atoms with van der Waals surface area (Å²) in [6, 6.07) is 5.79. The van der Waals surface area contributed by atoms with Crippen LogP contribution < -0.4 is 4.74 Å². The lowest BCUT2D eigenvalue weighted by Gasteiger charge is -2.08. The highest BCUT2D eigenvalue weighted by Gasteiger charge is 2.03. The second-order valence-electron chi connectivity index (χ2n) is 4.56. The normalized spacial score (nSPS) is 9.95. The molecule has 20 heavy (non-hydrogen) atoms. The molecule has 1 aromatic carbocycles. The largest absolute Gasteiger partial charge is 0.497 e. The first-order chi connectivity index (χ1) is 9.81. The van der Waals surface area contributed by atoms with Crippen molar-refractivity contribution in [2.24, 2.45) is 0 Å². The highest BCUT2D eigenvalue weighted by molar-refractivity contribution is 5.45. The minimum absolute atomic E-state index is 0.0893. The topological polar surface area (TPSA) is 38.7 Å². The van der Waals surface area contributed by atoms with Crippen LogP contribution in [0.25, 0.3) is 0 Å². The van der Waals surface area contributed by atoms with Gasteiger partial charge in [0.15, 0.2) is 0 Å². The average molecular weight is 276 g/mol. The lowest BCUT2D eigenvalue weighted by Crippen LogP contribution is -1.99. The van der Waals surface area contributed by atoms with Gasteiger partial charge in [-0.1, -0.05) is 31.6 Å². The smallest absolute Gasteiger partial charge is 0.119 e. The van der Waals surface area contributed by atoms with E-state index >= 15 is 0 Å². The van der Waals surface area contributed by atoms with Crippen LogP contribution in [0.3, 0.4) is 0 Å². The zero-order chi connectivity index (χ0) is 14.6. The van der Waals surface area contributed by atoms with Crippen LogP contribution >= 0.6 is 0 Å². The minimum Gasteiger partial charge on any atom is -0.497 e. The quantitative estimate of drug-likeness (QED) is 0.585. The number of aliphatic hydroxyl groups is 1. The fraction of sp³-hybridized carbons (Fsp3) is 0.529. The third kappa shape index (κ3) is 6.10. The lowest BCUT2D eigenvalue weighted by molar-refractivity contribution is 0.117. The monoisotopic (exact) mass is 276 g/mol. The molecule has 0 aromatic heterocycles. The van der Waals surface area contributed by atoms with Crippen LogP contribution in [0.1, 0.15) is 43.7 Å². The predicted molar refractivity (Wildman–Crippen MR) is 80.8 cm³/mol. The van der Waals surface area contributed by atoms with E-state index in [9.17, 15) is 0 Å². The van der Waals surface area contributed by atoms with Gasteiger partial charge < -0.3 is 14.6 Å². The molecule has 0 bridgehead atoms. The minimum atomic E-state index is 0.0893. The van der Waals surface area contributed by atoms with Gasteiger partial charge in [0.25, 0.3) is 0 Å². The maximum atomic E-state index is 8.77. The Balaban J connectivity index is 2.66. The Hall–Kier alpha value is -1.50. The number of unbranched alkanes of at least 4 members (excludes halogenated alkanes) is 2. The molecule has 110 valence electrons. The molecule has 0 radical (unpaired) electrons. The Bertz CT molecular complexity index is 443. The molecule has 1 rings (SSSR count). The van der Waals surface area contributed by atoms with Crippen LogP contribution in [0.4, 0.5) is 0 Å². The van der Waals surface area contributed by atoms with E-state index in [1.807, 2.05) is 18.2 Å². The molecule has 1 aromatic rings. The fourth-order valence-electron chi connectivity index (χ4n) is 1.79. The molecule has 0 aliphatic rings. The zero-order valence-corrected chi connectivity index (χ0v) is 12.4. The van der Waals surface area contributed by atoms with Crippen molar-refractivity contribution >= 4 is 0 Å². The molecule has 3 nitrogen and oxygen atoms in total. The molecule has 0 amide bonds. The van der Waals surface area contributed by atoms with Gasteiger partial charge in [-0.2, -0.15) is 0 Å². The predicted octanol–water partition coefficient (Wildman–Crippen LogP) is 3.14. The summed E-state index contributed by atoms with van der Waals surface area (Å²) in [5.74, 6) is 6.83. The van der Waals surface area contributed by atoms with Crippen molar-refractivity contribution in [1.29, 1.82) is 0 Å². The number of hydrogen-bond acceptors (Lipinski definition) is 3. The number of aliphatic hydroxyl groups excluding tert-OH is 1. The van der Waals surface area contributed by atoms with Gasteiger partial charge in [0, 0.05) is 18.6 Å². The number of ether oxygens (including phenoxy) is 2. The Morgan fingerprint density at radius 2 is 2.10 bits per heavy atom. The Morgan fingerprint density at radius 1 is 1.25 bits per heavy atom. The van der Waals surface area contributed by atoms with E-state index < -0.39 is 0 Å². The number of hydrogen-bond donors (Lipinski definition) is 1. The van der Waals surface area contributed by atoms with Gasteiger partial charge in [-0.3, -0.25) is 0 Å². The molecule has 0 unspecified atom stereocenters. The summed E-state index contributed by atoms with van der Waals surface area (Å²) in [6.45, 7) is 3.58. The maximum absolute atomic E-state index is 8.77. The summed E-state index contributed by atoms with van der Waals surface area (Å²) in [5.41, 5.74) is 1.97. The summed E-state index contributed by atoms with van der Waals surface area (Å²) in [4.78, 5) is 0. The first kappa shape index (κ1) is 16.6. The molecule has 0 fully saturated rings. The van der Waals surface area contributed by atoms with Crippen LogP contribution in [0.2, 0.25) is 0 Å². The van der Waals surface area contributed by atoms with Gasteiger partial charge >= 0.3 is 0 Å². The van der Waals surface area contributed by atoms with Crippen molar-refractivity contribution in [3.8, 4) is 17.6 Å². The van der Waals surface area contributed by atoms with E-state index in [-0.39, 0.29) is 6.61 Å². The second kappa shape index (κ2) is 10.3. The van der Waals surface area contributed by atoms with Crippen LogP contribution in [0.5, 0.6) is 5.75 Å². The van der Waals surface area contributed by atoms with Gasteiger partial charge in [-0.15, -0.1) is 0 Å². The third-order valence-corrected chi connectivity index (χ3v) is 2.92. The molecule has 0 aliphatic carbocycles. The summed E-state index contributed by atoms with van der Waals surface area (Å²) < 4.78 is 10.9. The summed E-state index contributed by atoms with van der Waals surface area (Å²) in [6.07, 6.45) is 3.97. The summed E-state index contributed by atoms with van der Waals surface area (Å²) >= 11 is 0. The molecular weight excluding hydrogens is 252 g/mol. The van der Waals surface area contributed by atoms with E-state index in [4.69, 9.17) is 14.6 Å². The molecule has 3 heteroatoms. The Morgan fingerprint density at radius 3 is 2.80 bits per heavy atom.